The zero-order valence-electron chi connectivity index (χ0n) is 7.34. The highest BCUT2D eigenvalue weighted by Gasteiger charge is 2.40. The Bertz CT molecular complexity index is 146. The molecule has 2 bridgehead atoms. The minimum absolute atomic E-state index is 0.530. The molecule has 2 heteroatoms. The van der Waals surface area contributed by atoms with Crippen molar-refractivity contribution in [1.29, 1.82) is 0 Å². The molecule has 0 aliphatic carbocycles. The minimum Gasteiger partial charge on any atom is -0.373 e. The van der Waals surface area contributed by atoms with Crippen LogP contribution < -0.4 is 5.32 Å². The molecule has 2 saturated heterocycles. The SMILES string of the molecule is CC(C)NC1CC2CCC1O2. The molecule has 11 heavy (non-hydrogen) atoms. The first-order valence-electron chi connectivity index (χ1n) is 4.67. The highest BCUT2D eigenvalue weighted by molar-refractivity contribution is 4.94. The summed E-state index contributed by atoms with van der Waals surface area (Å²) in [6.45, 7) is 4.40. The van der Waals surface area contributed by atoms with E-state index >= 15 is 0 Å². The molecule has 0 aromatic carbocycles. The third-order valence-corrected chi connectivity index (χ3v) is 2.65. The van der Waals surface area contributed by atoms with Crippen LogP contribution in [-0.4, -0.2) is 24.3 Å². The van der Waals surface area contributed by atoms with Gasteiger partial charge in [-0.15, -0.1) is 0 Å². The van der Waals surface area contributed by atoms with Crippen LogP contribution >= 0.6 is 0 Å². The van der Waals surface area contributed by atoms with Gasteiger partial charge in [-0.3, -0.25) is 0 Å². The Kier molecular flexibility index (Phi) is 1.90. The van der Waals surface area contributed by atoms with Gasteiger partial charge in [0.25, 0.3) is 0 Å². The highest BCUT2D eigenvalue weighted by atomic mass is 16.5. The normalized spacial score (nSPS) is 42.3. The van der Waals surface area contributed by atoms with Crippen molar-refractivity contribution in [2.24, 2.45) is 0 Å². The summed E-state index contributed by atoms with van der Waals surface area (Å²) in [7, 11) is 0. The van der Waals surface area contributed by atoms with Crippen LogP contribution in [0.1, 0.15) is 33.1 Å². The molecule has 2 fully saturated rings. The van der Waals surface area contributed by atoms with E-state index in [4.69, 9.17) is 4.74 Å². The van der Waals surface area contributed by atoms with Crippen molar-refractivity contribution in [1.82, 2.24) is 5.32 Å². The van der Waals surface area contributed by atoms with E-state index < -0.39 is 0 Å². The van der Waals surface area contributed by atoms with Gasteiger partial charge < -0.3 is 10.1 Å². The van der Waals surface area contributed by atoms with E-state index in [0.717, 1.165) is 0 Å². The molecule has 0 amide bonds. The molecule has 3 unspecified atom stereocenters. The zero-order valence-corrected chi connectivity index (χ0v) is 7.34. The molecule has 2 rings (SSSR count). The van der Waals surface area contributed by atoms with Crippen molar-refractivity contribution in [2.75, 3.05) is 0 Å². The molecule has 0 aromatic rings. The van der Waals surface area contributed by atoms with Gasteiger partial charge in [-0.1, -0.05) is 13.8 Å². The van der Waals surface area contributed by atoms with Gasteiger partial charge in [0.05, 0.1) is 12.2 Å². The van der Waals surface area contributed by atoms with E-state index in [2.05, 4.69) is 19.2 Å². The molecule has 0 aromatic heterocycles. The van der Waals surface area contributed by atoms with Gasteiger partial charge in [0, 0.05) is 12.1 Å². The number of nitrogens with one attached hydrogen (secondary N) is 1. The van der Waals surface area contributed by atoms with Crippen molar-refractivity contribution in [3.8, 4) is 0 Å². The fraction of sp³-hybridized carbons (Fsp3) is 1.00. The molecule has 0 saturated carbocycles. The van der Waals surface area contributed by atoms with Crippen molar-refractivity contribution in [2.45, 2.75) is 57.4 Å². The Morgan fingerprint density at radius 3 is 2.64 bits per heavy atom. The summed E-state index contributed by atoms with van der Waals surface area (Å²) in [5, 5.41) is 3.55. The van der Waals surface area contributed by atoms with Crippen molar-refractivity contribution in [3.05, 3.63) is 0 Å². The largest absolute Gasteiger partial charge is 0.373 e. The van der Waals surface area contributed by atoms with Crippen LogP contribution in [0.4, 0.5) is 0 Å². The second-order valence-corrected chi connectivity index (χ2v) is 4.04. The summed E-state index contributed by atoms with van der Waals surface area (Å²) in [6.07, 6.45) is 4.91. The van der Waals surface area contributed by atoms with Crippen LogP contribution in [0.2, 0.25) is 0 Å². The Morgan fingerprint density at radius 2 is 2.18 bits per heavy atom. The molecule has 64 valence electrons. The van der Waals surface area contributed by atoms with Gasteiger partial charge in [0.2, 0.25) is 0 Å². The van der Waals surface area contributed by atoms with E-state index in [-0.39, 0.29) is 0 Å². The number of fused-ring (bicyclic) bond motifs is 2. The van der Waals surface area contributed by atoms with Crippen LogP contribution in [-0.2, 0) is 4.74 Å². The zero-order chi connectivity index (χ0) is 7.84. The molecule has 0 radical (unpaired) electrons. The maximum Gasteiger partial charge on any atom is 0.0733 e. The van der Waals surface area contributed by atoms with E-state index in [1.807, 2.05) is 0 Å². The summed E-state index contributed by atoms with van der Waals surface area (Å²) in [5.74, 6) is 0. The topological polar surface area (TPSA) is 21.3 Å². The smallest absolute Gasteiger partial charge is 0.0733 e. The van der Waals surface area contributed by atoms with Crippen molar-refractivity contribution < 1.29 is 4.74 Å². The lowest BCUT2D eigenvalue weighted by Crippen LogP contribution is -2.41. The van der Waals surface area contributed by atoms with Crippen molar-refractivity contribution >= 4 is 0 Å². The number of ether oxygens (including phenoxy) is 1. The van der Waals surface area contributed by atoms with Crippen molar-refractivity contribution in [3.63, 3.8) is 0 Å². The number of hydrogen-bond donors (Lipinski definition) is 1. The molecule has 2 aliphatic heterocycles. The third-order valence-electron chi connectivity index (χ3n) is 2.65. The fourth-order valence-corrected chi connectivity index (χ4v) is 2.24. The Labute approximate surface area is 68.3 Å². The lowest BCUT2D eigenvalue weighted by Gasteiger charge is -2.22. The van der Waals surface area contributed by atoms with E-state index in [0.29, 0.717) is 24.3 Å². The predicted molar refractivity (Wildman–Crippen MR) is 44.6 cm³/mol. The third kappa shape index (κ3) is 1.42. The van der Waals surface area contributed by atoms with Crippen LogP contribution in [0.5, 0.6) is 0 Å². The standard InChI is InChI=1S/C9H17NO/c1-6(2)10-8-5-7-3-4-9(8)11-7/h6-10H,3-5H2,1-2H3. The first-order valence-corrected chi connectivity index (χ1v) is 4.67. The molecule has 2 nitrogen and oxygen atoms in total. The van der Waals surface area contributed by atoms with Gasteiger partial charge in [0.1, 0.15) is 0 Å². The summed E-state index contributed by atoms with van der Waals surface area (Å²) in [4.78, 5) is 0. The lowest BCUT2D eigenvalue weighted by molar-refractivity contribution is 0.0965. The summed E-state index contributed by atoms with van der Waals surface area (Å²) < 4.78 is 5.72. The number of hydrogen-bond acceptors (Lipinski definition) is 2. The molecule has 0 spiro atoms. The predicted octanol–water partition coefficient (Wildman–Crippen LogP) is 1.30. The lowest BCUT2D eigenvalue weighted by atomic mass is 9.95. The van der Waals surface area contributed by atoms with E-state index in [9.17, 15) is 0 Å². The highest BCUT2D eigenvalue weighted by Crippen LogP contribution is 2.34. The minimum atomic E-state index is 0.530. The van der Waals surface area contributed by atoms with Gasteiger partial charge >= 0.3 is 0 Å². The molecular weight excluding hydrogens is 138 g/mol. The van der Waals surface area contributed by atoms with E-state index in [1.165, 1.54) is 19.3 Å². The second kappa shape index (κ2) is 2.76. The van der Waals surface area contributed by atoms with Crippen LogP contribution in [0, 0.1) is 0 Å². The number of rotatable bonds is 2. The summed E-state index contributed by atoms with van der Waals surface area (Å²) in [6, 6.07) is 1.25. The van der Waals surface area contributed by atoms with Gasteiger partial charge in [-0.05, 0) is 19.3 Å². The van der Waals surface area contributed by atoms with Gasteiger partial charge in [0.15, 0.2) is 0 Å². The van der Waals surface area contributed by atoms with Gasteiger partial charge in [-0.25, -0.2) is 0 Å². The Morgan fingerprint density at radius 1 is 1.36 bits per heavy atom. The summed E-state index contributed by atoms with van der Waals surface area (Å²) in [5.41, 5.74) is 0. The first kappa shape index (κ1) is 7.56. The first-order chi connectivity index (χ1) is 5.25. The fourth-order valence-electron chi connectivity index (χ4n) is 2.24. The van der Waals surface area contributed by atoms with Crippen LogP contribution in [0.3, 0.4) is 0 Å². The maximum absolute atomic E-state index is 5.72. The van der Waals surface area contributed by atoms with Crippen LogP contribution in [0.25, 0.3) is 0 Å². The van der Waals surface area contributed by atoms with E-state index in [1.54, 1.807) is 0 Å². The van der Waals surface area contributed by atoms with Crippen LogP contribution in [0.15, 0.2) is 0 Å². The second-order valence-electron chi connectivity index (χ2n) is 4.04. The Hall–Kier alpha value is -0.0800. The quantitative estimate of drug-likeness (QED) is 0.649. The average Bonchev–Trinajstić information content (AvgIpc) is 2.45. The monoisotopic (exact) mass is 155 g/mol. The molecule has 2 heterocycles. The maximum atomic E-state index is 5.72. The van der Waals surface area contributed by atoms with Gasteiger partial charge in [-0.2, -0.15) is 0 Å². The Balaban J connectivity index is 1.87. The average molecular weight is 155 g/mol. The molecule has 2 aliphatic rings. The molecule has 1 N–H and O–H groups in total. The molecular formula is C9H17NO. The molecule has 3 atom stereocenters. The summed E-state index contributed by atoms with van der Waals surface area (Å²) >= 11 is 0.